The summed E-state index contributed by atoms with van der Waals surface area (Å²) in [5.41, 5.74) is 1.37. The molecule has 0 atom stereocenters. The minimum Gasteiger partial charge on any atom is -0.477 e. The lowest BCUT2D eigenvalue weighted by Gasteiger charge is -2.06. The number of nitrogens with zero attached hydrogens (tertiary/aromatic N) is 4. The van der Waals surface area contributed by atoms with Crippen LogP contribution in [0.3, 0.4) is 0 Å². The molecule has 124 valence electrons. The third-order valence-corrected chi connectivity index (χ3v) is 3.72. The van der Waals surface area contributed by atoms with Crippen LogP contribution in [-0.2, 0) is 17.8 Å². The molecule has 0 saturated heterocycles. The molecule has 1 aromatic carbocycles. The molecule has 7 nitrogen and oxygen atoms in total. The van der Waals surface area contributed by atoms with Gasteiger partial charge < -0.3 is 10.1 Å². The van der Waals surface area contributed by atoms with Crippen LogP contribution in [0.4, 0.5) is 0 Å². The van der Waals surface area contributed by atoms with Gasteiger partial charge in [-0.15, -0.1) is 15.3 Å². The van der Waals surface area contributed by atoms with E-state index in [1.54, 1.807) is 22.7 Å². The second-order valence-corrected chi connectivity index (χ2v) is 5.44. The van der Waals surface area contributed by atoms with Gasteiger partial charge in [-0.05, 0) is 24.6 Å². The molecule has 3 aromatic rings. The van der Waals surface area contributed by atoms with E-state index in [2.05, 4.69) is 20.6 Å². The Morgan fingerprint density at radius 2 is 2.08 bits per heavy atom. The highest BCUT2D eigenvalue weighted by atomic mass is 35.5. The maximum absolute atomic E-state index is 12.1. The van der Waals surface area contributed by atoms with E-state index in [1.807, 2.05) is 25.1 Å². The lowest BCUT2D eigenvalue weighted by molar-refractivity contribution is -0.120. The fraction of sp³-hybridized carbons (Fsp3) is 0.250. The molecule has 3 rings (SSSR count). The van der Waals surface area contributed by atoms with Crippen LogP contribution in [0.5, 0.6) is 5.88 Å². The molecule has 0 aliphatic rings. The van der Waals surface area contributed by atoms with Gasteiger partial charge in [0.25, 0.3) is 0 Å². The fourth-order valence-electron chi connectivity index (χ4n) is 2.21. The van der Waals surface area contributed by atoms with Crippen LogP contribution >= 0.6 is 11.6 Å². The van der Waals surface area contributed by atoms with Crippen molar-refractivity contribution in [1.29, 1.82) is 0 Å². The molecule has 1 amide bonds. The van der Waals surface area contributed by atoms with Crippen LogP contribution in [0.1, 0.15) is 18.3 Å². The van der Waals surface area contributed by atoms with Crippen molar-refractivity contribution in [2.24, 2.45) is 0 Å². The Morgan fingerprint density at radius 1 is 1.25 bits per heavy atom. The van der Waals surface area contributed by atoms with Crippen LogP contribution in [0, 0.1) is 0 Å². The Kier molecular flexibility index (Phi) is 4.90. The molecule has 0 bridgehead atoms. The van der Waals surface area contributed by atoms with Gasteiger partial charge in [-0.1, -0.05) is 29.8 Å². The lowest BCUT2D eigenvalue weighted by Crippen LogP contribution is -2.26. The third-order valence-electron chi connectivity index (χ3n) is 3.35. The first-order valence-electron chi connectivity index (χ1n) is 7.51. The first kappa shape index (κ1) is 16.2. The number of nitrogens with one attached hydrogen (secondary N) is 1. The van der Waals surface area contributed by atoms with E-state index in [9.17, 15) is 4.79 Å². The van der Waals surface area contributed by atoms with Gasteiger partial charge in [0, 0.05) is 11.1 Å². The number of benzene rings is 1. The number of carbonyl (C=O) groups excluding carboxylic acids is 1. The van der Waals surface area contributed by atoms with Crippen molar-refractivity contribution in [3.05, 3.63) is 52.8 Å². The summed E-state index contributed by atoms with van der Waals surface area (Å²) in [6.07, 6.45) is 0.202. The number of carbonyl (C=O) groups is 1. The summed E-state index contributed by atoms with van der Waals surface area (Å²) < 4.78 is 6.92. The molecule has 0 unspecified atom stereocenters. The number of fused-ring (bicyclic) bond motifs is 1. The molecule has 8 heteroatoms. The zero-order valence-electron chi connectivity index (χ0n) is 13.1. The molecule has 24 heavy (non-hydrogen) atoms. The minimum absolute atomic E-state index is 0.152. The van der Waals surface area contributed by atoms with Gasteiger partial charge in [0.05, 0.1) is 19.6 Å². The summed E-state index contributed by atoms with van der Waals surface area (Å²) in [6.45, 7) is 2.62. The van der Waals surface area contributed by atoms with Crippen molar-refractivity contribution in [2.75, 3.05) is 6.61 Å². The smallest absolute Gasteiger partial charge is 0.231 e. The van der Waals surface area contributed by atoms with E-state index < -0.39 is 0 Å². The predicted molar refractivity (Wildman–Crippen MR) is 89.0 cm³/mol. The number of aromatic nitrogens is 4. The Balaban J connectivity index is 1.68. The third kappa shape index (κ3) is 3.62. The first-order valence-corrected chi connectivity index (χ1v) is 7.89. The highest BCUT2D eigenvalue weighted by molar-refractivity contribution is 6.31. The first-order chi connectivity index (χ1) is 11.7. The van der Waals surface area contributed by atoms with E-state index in [0.717, 1.165) is 5.56 Å². The van der Waals surface area contributed by atoms with Gasteiger partial charge >= 0.3 is 0 Å². The Morgan fingerprint density at radius 3 is 2.88 bits per heavy atom. The average Bonchev–Trinajstić information content (AvgIpc) is 2.98. The quantitative estimate of drug-likeness (QED) is 0.739. The fourth-order valence-corrected chi connectivity index (χ4v) is 2.41. The molecule has 0 saturated carbocycles. The summed E-state index contributed by atoms with van der Waals surface area (Å²) >= 11 is 6.06. The molecular weight excluding hydrogens is 330 g/mol. The number of rotatable bonds is 6. The van der Waals surface area contributed by atoms with E-state index in [0.29, 0.717) is 29.0 Å². The summed E-state index contributed by atoms with van der Waals surface area (Å²) in [6, 6.07) is 10.8. The van der Waals surface area contributed by atoms with Gasteiger partial charge in [-0.25, -0.2) is 0 Å². The van der Waals surface area contributed by atoms with E-state index >= 15 is 0 Å². The zero-order valence-corrected chi connectivity index (χ0v) is 13.8. The number of halogens is 1. The van der Waals surface area contributed by atoms with Crippen molar-refractivity contribution in [2.45, 2.75) is 19.9 Å². The topological polar surface area (TPSA) is 81.4 Å². The predicted octanol–water partition coefficient (Wildman–Crippen LogP) is 2.04. The Labute approximate surface area is 143 Å². The van der Waals surface area contributed by atoms with Crippen molar-refractivity contribution in [3.8, 4) is 5.88 Å². The number of amides is 1. The van der Waals surface area contributed by atoms with Gasteiger partial charge in [0.1, 0.15) is 0 Å². The normalized spacial score (nSPS) is 10.8. The Hall–Kier alpha value is -2.67. The van der Waals surface area contributed by atoms with Gasteiger partial charge in [0.2, 0.25) is 11.8 Å². The molecule has 0 spiro atoms. The summed E-state index contributed by atoms with van der Waals surface area (Å²) in [5, 5.41) is 15.7. The van der Waals surface area contributed by atoms with Crippen molar-refractivity contribution < 1.29 is 9.53 Å². The van der Waals surface area contributed by atoms with Gasteiger partial charge in [0.15, 0.2) is 11.5 Å². The summed E-state index contributed by atoms with van der Waals surface area (Å²) in [7, 11) is 0. The number of hydrogen-bond acceptors (Lipinski definition) is 5. The maximum atomic E-state index is 12.1. The summed E-state index contributed by atoms with van der Waals surface area (Å²) in [4.78, 5) is 12.1. The van der Waals surface area contributed by atoms with Crippen LogP contribution in [0.25, 0.3) is 5.65 Å². The molecule has 0 aliphatic carbocycles. The van der Waals surface area contributed by atoms with Crippen molar-refractivity contribution in [3.63, 3.8) is 0 Å². The molecule has 0 fully saturated rings. The number of hydrogen-bond donors (Lipinski definition) is 1. The van der Waals surface area contributed by atoms with Crippen molar-refractivity contribution >= 4 is 23.2 Å². The zero-order chi connectivity index (χ0) is 16.9. The minimum atomic E-state index is -0.152. The molecular formula is C16H16ClN5O2. The lowest BCUT2D eigenvalue weighted by atomic mass is 10.1. The van der Waals surface area contributed by atoms with E-state index in [-0.39, 0.29) is 18.9 Å². The van der Waals surface area contributed by atoms with Crippen molar-refractivity contribution in [1.82, 2.24) is 25.1 Å². The highest BCUT2D eigenvalue weighted by Gasteiger charge is 2.11. The van der Waals surface area contributed by atoms with Crippen LogP contribution in [0.2, 0.25) is 5.02 Å². The largest absolute Gasteiger partial charge is 0.477 e. The summed E-state index contributed by atoms with van der Waals surface area (Å²) in [5.74, 6) is 0.855. The van der Waals surface area contributed by atoms with Gasteiger partial charge in [-0.3, -0.25) is 4.79 Å². The number of ether oxygens (including phenoxy) is 1. The molecule has 0 radical (unpaired) electrons. The van der Waals surface area contributed by atoms with E-state index in [4.69, 9.17) is 16.3 Å². The molecule has 1 N–H and O–H groups in total. The van der Waals surface area contributed by atoms with Gasteiger partial charge in [-0.2, -0.15) is 4.52 Å². The second-order valence-electron chi connectivity index (χ2n) is 5.04. The SMILES string of the molecule is CCOc1ccc2nnc(CNC(=O)Cc3ccccc3Cl)n2n1. The molecule has 2 heterocycles. The second kappa shape index (κ2) is 7.27. The van der Waals surface area contributed by atoms with Crippen LogP contribution in [-0.4, -0.2) is 32.3 Å². The van der Waals surface area contributed by atoms with Crippen LogP contribution in [0.15, 0.2) is 36.4 Å². The average molecular weight is 346 g/mol. The highest BCUT2D eigenvalue weighted by Crippen LogP contribution is 2.15. The standard InChI is InChI=1S/C16H16ClN5O2/c1-2-24-16-8-7-13-19-20-14(22(13)21-16)10-18-15(23)9-11-5-3-4-6-12(11)17/h3-8H,2,9-10H2,1H3,(H,18,23). The monoisotopic (exact) mass is 345 g/mol. The Bertz CT molecular complexity index is 865. The molecule has 0 aliphatic heterocycles. The van der Waals surface area contributed by atoms with Crippen LogP contribution < -0.4 is 10.1 Å². The van der Waals surface area contributed by atoms with E-state index in [1.165, 1.54) is 0 Å². The maximum Gasteiger partial charge on any atom is 0.231 e. The molecule has 2 aromatic heterocycles.